The molecule has 0 radical (unpaired) electrons. The lowest BCUT2D eigenvalue weighted by atomic mass is 10.2. The Morgan fingerprint density at radius 1 is 1.00 bits per heavy atom. The van der Waals surface area contributed by atoms with Crippen LogP contribution in [0.5, 0.6) is 0 Å². The number of hydrogen-bond acceptors (Lipinski definition) is 10. The number of pyridine rings is 2. The quantitative estimate of drug-likeness (QED) is 0.379. The van der Waals surface area contributed by atoms with Gasteiger partial charge in [0.15, 0.2) is 10.9 Å². The van der Waals surface area contributed by atoms with Gasteiger partial charge in [0.1, 0.15) is 22.7 Å². The molecule has 0 bridgehead atoms. The summed E-state index contributed by atoms with van der Waals surface area (Å²) in [5.41, 5.74) is 6.94. The molecule has 3 heterocycles. The lowest BCUT2D eigenvalue weighted by Crippen LogP contribution is -2.10. The summed E-state index contributed by atoms with van der Waals surface area (Å²) in [6, 6.07) is 10.3. The van der Waals surface area contributed by atoms with Crippen molar-refractivity contribution >= 4 is 34.2 Å². The van der Waals surface area contributed by atoms with Crippen LogP contribution in [-0.4, -0.2) is 46.9 Å². The van der Waals surface area contributed by atoms with Crippen molar-refractivity contribution in [3.05, 3.63) is 59.4 Å². The smallest absolute Gasteiger partial charge is 0.350 e. The van der Waals surface area contributed by atoms with Crippen LogP contribution < -0.4 is 5.73 Å². The Balaban J connectivity index is 0.000000212. The monoisotopic (exact) mass is 414 g/mol. The van der Waals surface area contributed by atoms with Gasteiger partial charge in [0.2, 0.25) is 0 Å². The standard InChI is InChI=1S/C10H9N3O2S.C9H9NO3/c1-15-9(14)8-7(13-10(11)16-8)6-4-2-3-5-12-6;1-13-9(12)6-8(11)7-4-2-3-5-10-7/h2-5H,1H3,(H2,11,13);2-5H,6H2,1H3. The van der Waals surface area contributed by atoms with Gasteiger partial charge >= 0.3 is 11.9 Å². The first-order valence-corrected chi connectivity index (χ1v) is 9.05. The van der Waals surface area contributed by atoms with E-state index in [4.69, 9.17) is 5.73 Å². The number of aromatic nitrogens is 3. The fourth-order valence-corrected chi connectivity index (χ4v) is 2.83. The Bertz CT molecular complexity index is 977. The van der Waals surface area contributed by atoms with Gasteiger partial charge in [0.05, 0.1) is 19.9 Å². The van der Waals surface area contributed by atoms with E-state index in [0.717, 1.165) is 11.3 Å². The molecular weight excluding hydrogens is 396 g/mol. The van der Waals surface area contributed by atoms with E-state index in [1.807, 2.05) is 6.07 Å². The van der Waals surface area contributed by atoms with Crippen molar-refractivity contribution in [2.75, 3.05) is 20.0 Å². The van der Waals surface area contributed by atoms with E-state index in [2.05, 4.69) is 24.4 Å². The van der Waals surface area contributed by atoms with E-state index in [1.54, 1.807) is 36.5 Å². The molecule has 3 aromatic rings. The summed E-state index contributed by atoms with van der Waals surface area (Å²) in [6.45, 7) is 0. The number of nitrogens with zero attached hydrogens (tertiary/aromatic N) is 3. The minimum atomic E-state index is -0.546. The highest BCUT2D eigenvalue weighted by molar-refractivity contribution is 7.17. The molecule has 0 unspecified atom stereocenters. The summed E-state index contributed by atoms with van der Waals surface area (Å²) in [4.78, 5) is 45.8. The van der Waals surface area contributed by atoms with E-state index >= 15 is 0 Å². The first kappa shape index (κ1) is 21.6. The highest BCUT2D eigenvalue weighted by Gasteiger charge is 2.19. The van der Waals surface area contributed by atoms with Gasteiger partial charge in [-0.25, -0.2) is 9.78 Å². The van der Waals surface area contributed by atoms with E-state index in [-0.39, 0.29) is 17.9 Å². The van der Waals surface area contributed by atoms with Gasteiger partial charge in [-0.2, -0.15) is 0 Å². The predicted octanol–water partition coefficient (Wildman–Crippen LogP) is 2.40. The van der Waals surface area contributed by atoms with Crippen LogP contribution in [0, 0.1) is 0 Å². The molecule has 0 saturated heterocycles. The fourth-order valence-electron chi connectivity index (χ4n) is 2.07. The zero-order valence-electron chi connectivity index (χ0n) is 15.7. The first-order chi connectivity index (χ1) is 14.0. The molecule has 150 valence electrons. The average molecular weight is 414 g/mol. The summed E-state index contributed by atoms with van der Waals surface area (Å²) >= 11 is 1.09. The highest BCUT2D eigenvalue weighted by Crippen LogP contribution is 2.28. The highest BCUT2D eigenvalue weighted by atomic mass is 32.1. The predicted molar refractivity (Wildman–Crippen MR) is 106 cm³/mol. The van der Waals surface area contributed by atoms with E-state index < -0.39 is 11.9 Å². The molecule has 3 aromatic heterocycles. The van der Waals surface area contributed by atoms with E-state index in [0.29, 0.717) is 21.4 Å². The lowest BCUT2D eigenvalue weighted by Gasteiger charge is -1.98. The Hall–Kier alpha value is -3.66. The lowest BCUT2D eigenvalue weighted by molar-refractivity contribution is -0.139. The molecular formula is C19H18N4O5S. The van der Waals surface area contributed by atoms with Crippen molar-refractivity contribution < 1.29 is 23.9 Å². The summed E-state index contributed by atoms with van der Waals surface area (Å²) < 4.78 is 9.01. The largest absolute Gasteiger partial charge is 0.469 e. The van der Waals surface area contributed by atoms with Crippen LogP contribution >= 0.6 is 11.3 Å². The number of esters is 2. The first-order valence-electron chi connectivity index (χ1n) is 8.23. The second-order valence-corrected chi connectivity index (χ2v) is 6.36. The Labute approximate surface area is 170 Å². The van der Waals surface area contributed by atoms with Gasteiger partial charge in [-0.3, -0.25) is 19.6 Å². The number of ether oxygens (including phenoxy) is 2. The number of anilines is 1. The maximum atomic E-state index is 11.5. The number of carbonyl (C=O) groups is 3. The van der Waals surface area contributed by atoms with Crippen molar-refractivity contribution in [1.82, 2.24) is 15.0 Å². The topological polar surface area (TPSA) is 134 Å². The second-order valence-electron chi connectivity index (χ2n) is 5.33. The normalized spacial score (nSPS) is 9.72. The van der Waals surface area contributed by atoms with Crippen molar-refractivity contribution in [3.8, 4) is 11.4 Å². The van der Waals surface area contributed by atoms with Gasteiger partial charge in [-0.05, 0) is 24.3 Å². The van der Waals surface area contributed by atoms with Crippen molar-refractivity contribution in [3.63, 3.8) is 0 Å². The maximum Gasteiger partial charge on any atom is 0.350 e. The van der Waals surface area contributed by atoms with Crippen molar-refractivity contribution in [2.24, 2.45) is 0 Å². The average Bonchev–Trinajstić information content (AvgIpc) is 3.16. The molecule has 3 rings (SSSR count). The van der Waals surface area contributed by atoms with Crippen LogP contribution in [-0.2, 0) is 14.3 Å². The number of nitrogen functional groups attached to an aromatic ring is 1. The Kier molecular flexibility index (Phi) is 7.92. The SMILES string of the molecule is COC(=O)CC(=O)c1ccccn1.COC(=O)c1sc(N)nc1-c1ccccn1. The fraction of sp³-hybridized carbons (Fsp3) is 0.158. The van der Waals surface area contributed by atoms with Crippen LogP contribution in [0.1, 0.15) is 26.6 Å². The summed E-state index contributed by atoms with van der Waals surface area (Å²) in [6.07, 6.45) is 2.88. The molecule has 0 spiro atoms. The molecule has 0 aromatic carbocycles. The molecule has 9 nitrogen and oxygen atoms in total. The zero-order chi connectivity index (χ0) is 21.2. The van der Waals surface area contributed by atoms with Gasteiger partial charge in [-0.15, -0.1) is 0 Å². The van der Waals surface area contributed by atoms with E-state index in [1.165, 1.54) is 20.4 Å². The number of methoxy groups -OCH3 is 2. The number of ketones is 1. The van der Waals surface area contributed by atoms with Gasteiger partial charge < -0.3 is 15.2 Å². The third-order valence-corrected chi connectivity index (χ3v) is 4.27. The number of rotatable bonds is 5. The minimum Gasteiger partial charge on any atom is -0.469 e. The number of carbonyl (C=O) groups excluding carboxylic acids is 3. The third-order valence-electron chi connectivity index (χ3n) is 3.41. The van der Waals surface area contributed by atoms with Crippen LogP contribution in [0.3, 0.4) is 0 Å². The number of nitrogens with two attached hydrogens (primary N) is 1. The molecule has 2 N–H and O–H groups in total. The van der Waals surface area contributed by atoms with Crippen LogP contribution in [0.15, 0.2) is 48.8 Å². The number of thiazole rings is 1. The van der Waals surface area contributed by atoms with E-state index in [9.17, 15) is 14.4 Å². The third kappa shape index (κ3) is 6.18. The van der Waals surface area contributed by atoms with Crippen LogP contribution in [0.4, 0.5) is 5.13 Å². The number of Topliss-reactive ketones (excluding diaryl/α,β-unsaturated/α-hetero) is 1. The molecule has 0 aliphatic rings. The number of hydrogen-bond donors (Lipinski definition) is 1. The van der Waals surface area contributed by atoms with Crippen LogP contribution in [0.2, 0.25) is 0 Å². The maximum absolute atomic E-state index is 11.5. The molecule has 29 heavy (non-hydrogen) atoms. The van der Waals surface area contributed by atoms with Gasteiger partial charge in [0, 0.05) is 12.4 Å². The van der Waals surface area contributed by atoms with Gasteiger partial charge in [-0.1, -0.05) is 23.5 Å². The summed E-state index contributed by atoms with van der Waals surface area (Å²) in [5.74, 6) is -1.32. The molecule has 0 aliphatic heterocycles. The molecule has 0 atom stereocenters. The summed E-state index contributed by atoms with van der Waals surface area (Å²) in [7, 11) is 2.56. The zero-order valence-corrected chi connectivity index (χ0v) is 16.5. The molecule has 10 heteroatoms. The van der Waals surface area contributed by atoms with Crippen LogP contribution in [0.25, 0.3) is 11.4 Å². The van der Waals surface area contributed by atoms with Crippen molar-refractivity contribution in [1.29, 1.82) is 0 Å². The Morgan fingerprint density at radius 2 is 1.69 bits per heavy atom. The summed E-state index contributed by atoms with van der Waals surface area (Å²) in [5, 5.41) is 0.320. The molecule has 0 fully saturated rings. The molecule has 0 aliphatic carbocycles. The minimum absolute atomic E-state index is 0.256. The molecule has 0 amide bonds. The molecule has 0 saturated carbocycles. The second kappa shape index (κ2) is 10.6. The Morgan fingerprint density at radius 3 is 2.24 bits per heavy atom. The van der Waals surface area contributed by atoms with Gasteiger partial charge in [0.25, 0.3) is 0 Å². The van der Waals surface area contributed by atoms with Crippen molar-refractivity contribution in [2.45, 2.75) is 6.42 Å².